The smallest absolute Gasteiger partial charge is 0.123 e. The summed E-state index contributed by atoms with van der Waals surface area (Å²) in [5, 5.41) is 0. The monoisotopic (exact) mass is 284 g/mol. The summed E-state index contributed by atoms with van der Waals surface area (Å²) in [7, 11) is 1.71. The highest BCUT2D eigenvalue weighted by Gasteiger charge is 2.20. The Kier molecular flexibility index (Phi) is 3.84. The average Bonchev–Trinajstić information content (AvgIpc) is 2.64. The molecule has 1 heterocycles. The summed E-state index contributed by atoms with van der Waals surface area (Å²) in [6, 6.07) is 6.44. The Morgan fingerprint density at radius 2 is 2.38 bits per heavy atom. The van der Waals surface area contributed by atoms with Crippen molar-refractivity contribution in [2.75, 3.05) is 20.2 Å². The normalized spacial score (nSPS) is 21.3. The number of nitrogens with zero attached hydrogens (tertiary/aromatic N) is 1. The highest BCUT2D eigenvalue weighted by Crippen LogP contribution is 2.25. The summed E-state index contributed by atoms with van der Waals surface area (Å²) < 4.78 is 6.45. The van der Waals surface area contributed by atoms with Crippen molar-refractivity contribution in [1.29, 1.82) is 0 Å². The molecular formula is C12H17BrN2O. The van der Waals surface area contributed by atoms with Crippen molar-refractivity contribution in [1.82, 2.24) is 4.90 Å². The molecule has 3 nitrogen and oxygen atoms in total. The van der Waals surface area contributed by atoms with Gasteiger partial charge in [0.1, 0.15) is 5.75 Å². The zero-order chi connectivity index (χ0) is 11.5. The second-order valence-corrected chi connectivity index (χ2v) is 5.16. The maximum atomic E-state index is 5.90. The predicted molar refractivity (Wildman–Crippen MR) is 68.6 cm³/mol. The lowest BCUT2D eigenvalue weighted by atomic mass is 10.2. The first-order valence-corrected chi connectivity index (χ1v) is 6.28. The number of halogens is 1. The third-order valence-corrected chi connectivity index (χ3v) is 3.44. The number of nitrogens with two attached hydrogens (primary N) is 1. The van der Waals surface area contributed by atoms with Crippen LogP contribution in [0.5, 0.6) is 5.75 Å². The van der Waals surface area contributed by atoms with E-state index >= 15 is 0 Å². The zero-order valence-corrected chi connectivity index (χ0v) is 11.0. The lowest BCUT2D eigenvalue weighted by molar-refractivity contribution is 0.317. The molecule has 16 heavy (non-hydrogen) atoms. The number of likely N-dealkylation sites (tertiary alicyclic amines) is 1. The van der Waals surface area contributed by atoms with Gasteiger partial charge < -0.3 is 10.5 Å². The molecular weight excluding hydrogens is 268 g/mol. The van der Waals surface area contributed by atoms with Gasteiger partial charge >= 0.3 is 0 Å². The van der Waals surface area contributed by atoms with Crippen LogP contribution < -0.4 is 10.5 Å². The third kappa shape index (κ3) is 2.75. The molecule has 1 atom stereocenters. The SMILES string of the molecule is COc1ccc(Br)cc1CN1CCC(N)C1. The molecule has 1 unspecified atom stereocenters. The van der Waals surface area contributed by atoms with Crippen LogP contribution in [-0.4, -0.2) is 31.1 Å². The Morgan fingerprint density at radius 3 is 3.00 bits per heavy atom. The first-order valence-electron chi connectivity index (χ1n) is 5.49. The Labute approximate surface area is 105 Å². The van der Waals surface area contributed by atoms with Gasteiger partial charge in [-0.3, -0.25) is 4.90 Å². The number of hydrogen-bond acceptors (Lipinski definition) is 3. The van der Waals surface area contributed by atoms with E-state index in [9.17, 15) is 0 Å². The lowest BCUT2D eigenvalue weighted by Crippen LogP contribution is -2.26. The van der Waals surface area contributed by atoms with Crippen molar-refractivity contribution in [3.8, 4) is 5.75 Å². The Hall–Kier alpha value is -0.580. The van der Waals surface area contributed by atoms with Gasteiger partial charge in [-0.15, -0.1) is 0 Å². The van der Waals surface area contributed by atoms with E-state index in [4.69, 9.17) is 10.5 Å². The number of hydrogen-bond donors (Lipinski definition) is 1. The maximum absolute atomic E-state index is 5.90. The van der Waals surface area contributed by atoms with Crippen LogP contribution in [0.15, 0.2) is 22.7 Å². The van der Waals surface area contributed by atoms with E-state index in [0.717, 1.165) is 36.3 Å². The Morgan fingerprint density at radius 1 is 1.56 bits per heavy atom. The van der Waals surface area contributed by atoms with Crippen LogP contribution in [0.2, 0.25) is 0 Å². The van der Waals surface area contributed by atoms with Crippen molar-refractivity contribution < 1.29 is 4.74 Å². The average molecular weight is 285 g/mol. The first kappa shape index (κ1) is 11.9. The molecule has 2 rings (SSSR count). The fourth-order valence-electron chi connectivity index (χ4n) is 2.12. The van der Waals surface area contributed by atoms with Crippen LogP contribution in [0.25, 0.3) is 0 Å². The molecule has 1 saturated heterocycles. The van der Waals surface area contributed by atoms with Gasteiger partial charge in [0.15, 0.2) is 0 Å². The number of benzene rings is 1. The van der Waals surface area contributed by atoms with E-state index in [-0.39, 0.29) is 0 Å². The summed E-state index contributed by atoms with van der Waals surface area (Å²) in [5.74, 6) is 0.948. The molecule has 1 aliphatic rings. The van der Waals surface area contributed by atoms with Gasteiger partial charge in [0.05, 0.1) is 7.11 Å². The summed E-state index contributed by atoms with van der Waals surface area (Å²) in [6.45, 7) is 2.98. The molecule has 0 bridgehead atoms. The zero-order valence-electron chi connectivity index (χ0n) is 9.45. The second-order valence-electron chi connectivity index (χ2n) is 4.24. The van der Waals surface area contributed by atoms with E-state index < -0.39 is 0 Å². The largest absolute Gasteiger partial charge is 0.496 e. The molecule has 1 aromatic rings. The molecule has 0 spiro atoms. The Bertz CT molecular complexity index is 370. The van der Waals surface area contributed by atoms with Crippen LogP contribution in [0, 0.1) is 0 Å². The number of methoxy groups -OCH3 is 1. The first-order chi connectivity index (χ1) is 7.69. The molecule has 0 radical (unpaired) electrons. The third-order valence-electron chi connectivity index (χ3n) is 2.95. The van der Waals surface area contributed by atoms with Crippen molar-refractivity contribution in [3.63, 3.8) is 0 Å². The van der Waals surface area contributed by atoms with Crippen molar-refractivity contribution in [2.24, 2.45) is 5.73 Å². The lowest BCUT2D eigenvalue weighted by Gasteiger charge is -2.17. The summed E-state index contributed by atoms with van der Waals surface area (Å²) in [5.41, 5.74) is 7.11. The van der Waals surface area contributed by atoms with E-state index in [1.807, 2.05) is 12.1 Å². The summed E-state index contributed by atoms with van der Waals surface area (Å²) >= 11 is 3.49. The van der Waals surface area contributed by atoms with Crippen LogP contribution in [0.3, 0.4) is 0 Å². The van der Waals surface area contributed by atoms with Gasteiger partial charge in [0.2, 0.25) is 0 Å². The maximum Gasteiger partial charge on any atom is 0.123 e. The van der Waals surface area contributed by atoms with Gasteiger partial charge in [-0.05, 0) is 24.6 Å². The minimum atomic E-state index is 0.332. The minimum absolute atomic E-state index is 0.332. The second kappa shape index (κ2) is 5.17. The van der Waals surface area contributed by atoms with Gasteiger partial charge in [-0.2, -0.15) is 0 Å². The van der Waals surface area contributed by atoms with E-state index in [1.54, 1.807) is 7.11 Å². The van der Waals surface area contributed by atoms with Crippen LogP contribution in [0.4, 0.5) is 0 Å². The predicted octanol–water partition coefficient (Wildman–Crippen LogP) is 1.99. The number of rotatable bonds is 3. The molecule has 4 heteroatoms. The summed E-state index contributed by atoms with van der Waals surface area (Å²) in [4.78, 5) is 2.37. The van der Waals surface area contributed by atoms with Gasteiger partial charge in [-0.1, -0.05) is 15.9 Å². The standard InChI is InChI=1S/C12H17BrN2O/c1-16-12-3-2-10(13)6-9(12)7-15-5-4-11(14)8-15/h2-3,6,11H,4-5,7-8,14H2,1H3. The molecule has 0 amide bonds. The molecule has 1 aromatic carbocycles. The van der Waals surface area contributed by atoms with Crippen LogP contribution in [-0.2, 0) is 6.54 Å². The fraction of sp³-hybridized carbons (Fsp3) is 0.500. The quantitative estimate of drug-likeness (QED) is 0.923. The summed E-state index contributed by atoms with van der Waals surface area (Å²) in [6.07, 6.45) is 1.09. The Balaban J connectivity index is 2.10. The van der Waals surface area contributed by atoms with E-state index in [0.29, 0.717) is 6.04 Å². The van der Waals surface area contributed by atoms with Crippen molar-refractivity contribution in [3.05, 3.63) is 28.2 Å². The van der Waals surface area contributed by atoms with E-state index in [2.05, 4.69) is 26.9 Å². The topological polar surface area (TPSA) is 38.5 Å². The highest BCUT2D eigenvalue weighted by atomic mass is 79.9. The minimum Gasteiger partial charge on any atom is -0.496 e. The molecule has 2 N–H and O–H groups in total. The van der Waals surface area contributed by atoms with Crippen LogP contribution in [0.1, 0.15) is 12.0 Å². The fourth-order valence-corrected chi connectivity index (χ4v) is 2.53. The van der Waals surface area contributed by atoms with Gasteiger partial charge in [0.25, 0.3) is 0 Å². The van der Waals surface area contributed by atoms with Crippen molar-refractivity contribution >= 4 is 15.9 Å². The highest BCUT2D eigenvalue weighted by molar-refractivity contribution is 9.10. The van der Waals surface area contributed by atoms with Crippen molar-refractivity contribution in [2.45, 2.75) is 19.0 Å². The molecule has 1 fully saturated rings. The molecule has 1 aliphatic heterocycles. The molecule has 0 saturated carbocycles. The van der Waals surface area contributed by atoms with Gasteiger partial charge in [0, 0.05) is 35.7 Å². The van der Waals surface area contributed by atoms with Crippen LogP contribution >= 0.6 is 15.9 Å². The van der Waals surface area contributed by atoms with E-state index in [1.165, 1.54) is 5.56 Å². The molecule has 0 aliphatic carbocycles. The number of ether oxygens (including phenoxy) is 1. The van der Waals surface area contributed by atoms with Gasteiger partial charge in [-0.25, -0.2) is 0 Å². The molecule has 0 aromatic heterocycles. The molecule has 88 valence electrons.